The molecule has 0 aromatic rings. The zero-order chi connectivity index (χ0) is 12.1. The number of rotatable bonds is 5. The van der Waals surface area contributed by atoms with Gasteiger partial charge in [-0.2, -0.15) is 0 Å². The van der Waals surface area contributed by atoms with E-state index in [4.69, 9.17) is 16.2 Å². The van der Waals surface area contributed by atoms with Crippen LogP contribution in [0.4, 0.5) is 0 Å². The summed E-state index contributed by atoms with van der Waals surface area (Å²) in [5, 5.41) is 0. The first-order valence-electron chi connectivity index (χ1n) is 4.60. The molecule has 0 aliphatic heterocycles. The maximum absolute atomic E-state index is 10.4. The molecule has 0 heterocycles. The Morgan fingerprint density at radius 1 is 1.60 bits per heavy atom. The van der Waals surface area contributed by atoms with Crippen LogP contribution in [0.25, 0.3) is 0 Å². The lowest BCUT2D eigenvalue weighted by Crippen LogP contribution is -2.12. The molecule has 0 saturated carbocycles. The SMILES string of the molecule is C#CC(C)(C)C(=CCOP(=O)(O)O)CC. The van der Waals surface area contributed by atoms with E-state index in [1.54, 1.807) is 6.08 Å². The molecule has 0 aromatic carbocycles. The largest absolute Gasteiger partial charge is 0.469 e. The molecule has 2 N–H and O–H groups in total. The second kappa shape index (κ2) is 5.48. The number of phosphoric ester groups is 1. The highest BCUT2D eigenvalue weighted by Gasteiger charge is 2.19. The van der Waals surface area contributed by atoms with Crippen LogP contribution in [0, 0.1) is 17.8 Å². The van der Waals surface area contributed by atoms with Gasteiger partial charge in [0.05, 0.1) is 6.61 Å². The Kier molecular flexibility index (Phi) is 5.27. The average molecular weight is 232 g/mol. The van der Waals surface area contributed by atoms with Crippen LogP contribution in [-0.2, 0) is 9.09 Å². The Morgan fingerprint density at radius 3 is 2.47 bits per heavy atom. The van der Waals surface area contributed by atoms with E-state index in [1.807, 2.05) is 20.8 Å². The summed E-state index contributed by atoms with van der Waals surface area (Å²) in [6.45, 7) is 5.56. The van der Waals surface area contributed by atoms with Crippen LogP contribution in [0.5, 0.6) is 0 Å². The van der Waals surface area contributed by atoms with Crippen LogP contribution in [0.3, 0.4) is 0 Å². The van der Waals surface area contributed by atoms with E-state index < -0.39 is 13.2 Å². The van der Waals surface area contributed by atoms with Crippen LogP contribution >= 0.6 is 7.82 Å². The fourth-order valence-corrected chi connectivity index (χ4v) is 1.44. The summed E-state index contributed by atoms with van der Waals surface area (Å²) in [4.78, 5) is 17.0. The van der Waals surface area contributed by atoms with Crippen molar-refractivity contribution in [2.24, 2.45) is 5.41 Å². The predicted molar refractivity (Wildman–Crippen MR) is 59.0 cm³/mol. The van der Waals surface area contributed by atoms with Gasteiger partial charge in [-0.1, -0.05) is 24.5 Å². The van der Waals surface area contributed by atoms with Crippen LogP contribution in [0.1, 0.15) is 27.2 Å². The van der Waals surface area contributed by atoms with E-state index in [0.29, 0.717) is 0 Å². The molecule has 4 nitrogen and oxygen atoms in total. The maximum atomic E-state index is 10.4. The Morgan fingerprint density at radius 2 is 2.13 bits per heavy atom. The van der Waals surface area contributed by atoms with E-state index in [-0.39, 0.29) is 6.61 Å². The van der Waals surface area contributed by atoms with E-state index >= 15 is 0 Å². The molecule has 0 aromatic heterocycles. The fraction of sp³-hybridized carbons (Fsp3) is 0.600. The average Bonchev–Trinajstić information content (AvgIpc) is 2.10. The molecule has 0 saturated heterocycles. The summed E-state index contributed by atoms with van der Waals surface area (Å²) in [6, 6.07) is 0. The van der Waals surface area contributed by atoms with Gasteiger partial charge in [0.2, 0.25) is 0 Å². The highest BCUT2D eigenvalue weighted by molar-refractivity contribution is 7.46. The zero-order valence-corrected chi connectivity index (χ0v) is 10.1. The van der Waals surface area contributed by atoms with Crippen LogP contribution in [0.2, 0.25) is 0 Å². The van der Waals surface area contributed by atoms with Crippen molar-refractivity contribution in [1.82, 2.24) is 0 Å². The smallest absolute Gasteiger partial charge is 0.303 e. The first-order valence-corrected chi connectivity index (χ1v) is 6.13. The Balaban J connectivity index is 4.52. The minimum Gasteiger partial charge on any atom is -0.303 e. The van der Waals surface area contributed by atoms with Gasteiger partial charge in [0.15, 0.2) is 0 Å². The highest BCUT2D eigenvalue weighted by Crippen LogP contribution is 2.36. The number of hydrogen-bond donors (Lipinski definition) is 2. The highest BCUT2D eigenvalue weighted by atomic mass is 31.2. The van der Waals surface area contributed by atoms with Crippen LogP contribution < -0.4 is 0 Å². The number of allylic oxidation sites excluding steroid dienone is 1. The van der Waals surface area contributed by atoms with Crippen LogP contribution in [-0.4, -0.2) is 16.4 Å². The lowest BCUT2D eigenvalue weighted by molar-refractivity contribution is 0.215. The Labute approximate surface area is 90.6 Å². The standard InChI is InChI=1S/C10H17O4P/c1-5-9(10(3,4)6-2)7-8-14-15(11,12)13/h2,7H,5,8H2,1,3-4H3,(H2,11,12,13). The van der Waals surface area contributed by atoms with Crippen molar-refractivity contribution in [3.8, 4) is 12.3 Å². The summed E-state index contributed by atoms with van der Waals surface area (Å²) in [5.74, 6) is 2.62. The van der Waals surface area contributed by atoms with E-state index in [1.165, 1.54) is 0 Å². The van der Waals surface area contributed by atoms with Gasteiger partial charge in [0, 0.05) is 5.41 Å². The van der Waals surface area contributed by atoms with Crippen LogP contribution in [0.15, 0.2) is 11.6 Å². The first kappa shape index (κ1) is 14.4. The second-order valence-electron chi connectivity index (χ2n) is 3.64. The van der Waals surface area contributed by atoms with Crippen molar-refractivity contribution in [3.05, 3.63) is 11.6 Å². The molecule has 5 heteroatoms. The van der Waals surface area contributed by atoms with Gasteiger partial charge >= 0.3 is 7.82 Å². The zero-order valence-electron chi connectivity index (χ0n) is 9.23. The normalized spacial score (nSPS) is 13.7. The second-order valence-corrected chi connectivity index (χ2v) is 4.88. The molecule has 0 aliphatic carbocycles. The summed E-state index contributed by atoms with van der Waals surface area (Å²) in [6.07, 6.45) is 7.70. The predicted octanol–water partition coefficient (Wildman–Crippen LogP) is 2.09. The molecule has 0 fully saturated rings. The molecule has 0 spiro atoms. The molecule has 0 aliphatic rings. The van der Waals surface area contributed by atoms with E-state index in [0.717, 1.165) is 12.0 Å². The Bertz CT molecular complexity index is 319. The molecule has 0 unspecified atom stereocenters. The summed E-state index contributed by atoms with van der Waals surface area (Å²) < 4.78 is 14.7. The summed E-state index contributed by atoms with van der Waals surface area (Å²) >= 11 is 0. The first-order chi connectivity index (χ1) is 6.73. The van der Waals surface area contributed by atoms with Gasteiger partial charge < -0.3 is 9.79 Å². The third-order valence-corrected chi connectivity index (χ3v) is 2.60. The lowest BCUT2D eigenvalue weighted by atomic mass is 9.83. The van der Waals surface area contributed by atoms with Crippen molar-refractivity contribution in [1.29, 1.82) is 0 Å². The lowest BCUT2D eigenvalue weighted by Gasteiger charge is -2.21. The summed E-state index contributed by atoms with van der Waals surface area (Å²) in [7, 11) is -4.39. The fourth-order valence-electron chi connectivity index (χ4n) is 1.17. The topological polar surface area (TPSA) is 66.8 Å². The van der Waals surface area contributed by atoms with E-state index in [2.05, 4.69) is 10.4 Å². The molecule has 15 heavy (non-hydrogen) atoms. The van der Waals surface area contributed by atoms with Gasteiger partial charge in [-0.15, -0.1) is 6.42 Å². The van der Waals surface area contributed by atoms with Crippen molar-refractivity contribution in [2.45, 2.75) is 27.2 Å². The molecule has 0 bridgehead atoms. The molecule has 0 amide bonds. The van der Waals surface area contributed by atoms with E-state index in [9.17, 15) is 4.57 Å². The third-order valence-electron chi connectivity index (χ3n) is 2.12. The molecular weight excluding hydrogens is 215 g/mol. The minimum atomic E-state index is -4.39. The van der Waals surface area contributed by atoms with Gasteiger partial charge in [0.1, 0.15) is 0 Å². The maximum Gasteiger partial charge on any atom is 0.469 e. The molecule has 86 valence electrons. The van der Waals surface area contributed by atoms with Gasteiger partial charge in [-0.25, -0.2) is 4.57 Å². The Hall–Kier alpha value is -0.590. The molecule has 0 atom stereocenters. The minimum absolute atomic E-state index is 0.126. The number of phosphoric acid groups is 1. The molecule has 0 radical (unpaired) electrons. The molecular formula is C10H17O4P. The monoisotopic (exact) mass is 232 g/mol. The molecule has 0 rings (SSSR count). The van der Waals surface area contributed by atoms with Gasteiger partial charge in [-0.3, -0.25) is 4.52 Å². The van der Waals surface area contributed by atoms with Crippen molar-refractivity contribution in [2.75, 3.05) is 6.61 Å². The van der Waals surface area contributed by atoms with Gasteiger partial charge in [-0.05, 0) is 20.3 Å². The summed E-state index contributed by atoms with van der Waals surface area (Å²) in [5.41, 5.74) is 0.519. The third kappa shape index (κ3) is 5.76. The number of terminal acetylenes is 1. The van der Waals surface area contributed by atoms with Crippen molar-refractivity contribution >= 4 is 7.82 Å². The number of hydrogen-bond acceptors (Lipinski definition) is 2. The quantitative estimate of drug-likeness (QED) is 0.432. The van der Waals surface area contributed by atoms with Gasteiger partial charge in [0.25, 0.3) is 0 Å². The van der Waals surface area contributed by atoms with Crippen molar-refractivity contribution in [3.63, 3.8) is 0 Å². The van der Waals surface area contributed by atoms with Crippen molar-refractivity contribution < 1.29 is 18.9 Å².